The van der Waals surface area contributed by atoms with E-state index in [0.717, 1.165) is 12.8 Å². The molecule has 4 N–H and O–H groups in total. The Labute approximate surface area is 135 Å². The molecule has 1 fully saturated rings. The number of hydroxylamine groups is 1. The fourth-order valence-electron chi connectivity index (χ4n) is 2.84. The molecule has 1 aromatic rings. The fraction of sp³-hybridized carbons (Fsp3) is 0.500. The van der Waals surface area contributed by atoms with Gasteiger partial charge in [-0.25, -0.2) is 10.3 Å². The van der Waals surface area contributed by atoms with E-state index in [9.17, 15) is 14.7 Å². The lowest BCUT2D eigenvalue weighted by Crippen LogP contribution is -2.56. The molecule has 1 heterocycles. The van der Waals surface area contributed by atoms with Gasteiger partial charge in [0.1, 0.15) is 6.04 Å². The topological polar surface area (TPSA) is 102 Å². The van der Waals surface area contributed by atoms with Gasteiger partial charge in [-0.3, -0.25) is 10.0 Å². The van der Waals surface area contributed by atoms with Crippen molar-refractivity contribution in [2.24, 2.45) is 0 Å². The van der Waals surface area contributed by atoms with Gasteiger partial charge in [-0.05, 0) is 31.2 Å². The maximum absolute atomic E-state index is 12.2. The van der Waals surface area contributed by atoms with E-state index in [1.165, 1.54) is 18.0 Å². The van der Waals surface area contributed by atoms with Crippen LogP contribution in [0.15, 0.2) is 30.3 Å². The Morgan fingerprint density at radius 1 is 1.22 bits per heavy atom. The lowest BCUT2D eigenvalue weighted by Gasteiger charge is -2.33. The zero-order chi connectivity index (χ0) is 16.8. The number of amides is 3. The molecule has 1 saturated heterocycles. The zero-order valence-electron chi connectivity index (χ0n) is 13.1. The molecule has 126 valence electrons. The maximum Gasteiger partial charge on any atom is 0.318 e. The Morgan fingerprint density at radius 2 is 1.83 bits per heavy atom. The fourth-order valence-corrected chi connectivity index (χ4v) is 2.84. The molecule has 1 aliphatic heterocycles. The number of urea groups is 1. The summed E-state index contributed by atoms with van der Waals surface area (Å²) < 4.78 is 0. The van der Waals surface area contributed by atoms with Crippen LogP contribution in [0.5, 0.6) is 0 Å². The van der Waals surface area contributed by atoms with E-state index in [4.69, 9.17) is 5.21 Å². The van der Waals surface area contributed by atoms with Gasteiger partial charge in [-0.1, -0.05) is 30.3 Å². The van der Waals surface area contributed by atoms with Crippen LogP contribution in [0.25, 0.3) is 0 Å². The minimum Gasteiger partial charge on any atom is -0.391 e. The van der Waals surface area contributed by atoms with Gasteiger partial charge < -0.3 is 15.3 Å². The average Bonchev–Trinajstić information content (AvgIpc) is 2.59. The third kappa shape index (κ3) is 4.43. The first-order valence-corrected chi connectivity index (χ1v) is 7.75. The van der Waals surface area contributed by atoms with Crippen LogP contribution in [0.3, 0.4) is 0 Å². The molecule has 2 atom stereocenters. The summed E-state index contributed by atoms with van der Waals surface area (Å²) in [5, 5.41) is 20.7. The van der Waals surface area contributed by atoms with Crippen molar-refractivity contribution in [2.75, 3.05) is 13.1 Å². The van der Waals surface area contributed by atoms with E-state index in [-0.39, 0.29) is 0 Å². The van der Waals surface area contributed by atoms with Crippen LogP contribution in [0.4, 0.5) is 4.79 Å². The first kappa shape index (κ1) is 17.2. The lowest BCUT2D eigenvalue weighted by molar-refractivity contribution is -0.133. The number of likely N-dealkylation sites (tertiary alicyclic amines) is 1. The van der Waals surface area contributed by atoms with Crippen molar-refractivity contribution in [2.45, 2.75) is 37.8 Å². The lowest BCUT2D eigenvalue weighted by atomic mass is 9.90. The van der Waals surface area contributed by atoms with Crippen molar-refractivity contribution in [1.29, 1.82) is 0 Å². The van der Waals surface area contributed by atoms with Crippen LogP contribution in [0.1, 0.15) is 31.2 Å². The van der Waals surface area contributed by atoms with Crippen molar-refractivity contribution in [3.8, 4) is 0 Å². The van der Waals surface area contributed by atoms with Crippen LogP contribution in [-0.2, 0) is 4.79 Å². The van der Waals surface area contributed by atoms with Crippen LogP contribution in [0.2, 0.25) is 0 Å². The third-order valence-corrected chi connectivity index (χ3v) is 4.21. The highest BCUT2D eigenvalue weighted by Gasteiger charge is 2.29. The first-order chi connectivity index (χ1) is 11.0. The van der Waals surface area contributed by atoms with Gasteiger partial charge in [-0.2, -0.15) is 0 Å². The smallest absolute Gasteiger partial charge is 0.318 e. The molecule has 0 unspecified atom stereocenters. The number of hydrogen-bond acceptors (Lipinski definition) is 4. The second kappa shape index (κ2) is 7.94. The number of aliphatic hydroxyl groups is 1. The van der Waals surface area contributed by atoms with Crippen LogP contribution < -0.4 is 10.8 Å². The summed E-state index contributed by atoms with van der Waals surface area (Å²) in [6, 6.07) is 8.59. The number of benzene rings is 1. The van der Waals surface area contributed by atoms with Gasteiger partial charge in [0.15, 0.2) is 0 Å². The van der Waals surface area contributed by atoms with Crippen molar-refractivity contribution >= 4 is 11.9 Å². The van der Waals surface area contributed by atoms with Crippen LogP contribution >= 0.6 is 0 Å². The Balaban J connectivity index is 1.89. The number of carbonyl (C=O) groups excluding carboxylic acids is 2. The van der Waals surface area contributed by atoms with Crippen LogP contribution in [-0.4, -0.2) is 52.4 Å². The van der Waals surface area contributed by atoms with Gasteiger partial charge in [-0.15, -0.1) is 0 Å². The summed E-state index contributed by atoms with van der Waals surface area (Å²) in [5.74, 6) is -0.416. The molecular weight excluding hydrogens is 298 g/mol. The molecule has 0 bridgehead atoms. The minimum atomic E-state index is -1.18. The quantitative estimate of drug-likeness (QED) is 0.487. The first-order valence-electron chi connectivity index (χ1n) is 7.75. The average molecular weight is 321 g/mol. The molecule has 7 nitrogen and oxygen atoms in total. The number of hydrogen-bond donors (Lipinski definition) is 4. The third-order valence-electron chi connectivity index (χ3n) is 4.21. The SMILES string of the molecule is C[C@@H](O)[C@H](NC(=O)N1CCC(c2ccccc2)CC1)C(=O)NO. The Morgan fingerprint density at radius 3 is 2.35 bits per heavy atom. The summed E-state index contributed by atoms with van der Waals surface area (Å²) in [6.45, 7) is 2.54. The second-order valence-electron chi connectivity index (χ2n) is 5.82. The Kier molecular flexibility index (Phi) is 5.95. The number of rotatable bonds is 4. The molecule has 3 amide bonds. The molecule has 1 aromatic carbocycles. The maximum atomic E-state index is 12.2. The van der Waals surface area contributed by atoms with Crippen molar-refractivity contribution < 1.29 is 19.9 Å². The summed E-state index contributed by atoms with van der Waals surface area (Å²) in [5.41, 5.74) is 2.72. The zero-order valence-corrected chi connectivity index (χ0v) is 13.1. The summed E-state index contributed by atoms with van der Waals surface area (Å²) in [4.78, 5) is 25.3. The van der Waals surface area contributed by atoms with Gasteiger partial charge >= 0.3 is 6.03 Å². The van der Waals surface area contributed by atoms with Crippen molar-refractivity contribution in [3.05, 3.63) is 35.9 Å². The molecule has 0 spiro atoms. The van der Waals surface area contributed by atoms with E-state index in [2.05, 4.69) is 17.4 Å². The molecule has 1 aliphatic rings. The van der Waals surface area contributed by atoms with Crippen LogP contribution in [0, 0.1) is 0 Å². The largest absolute Gasteiger partial charge is 0.391 e. The van der Waals surface area contributed by atoms with Crippen molar-refractivity contribution in [3.63, 3.8) is 0 Å². The number of carbonyl (C=O) groups is 2. The normalized spacial score (nSPS) is 18.1. The highest BCUT2D eigenvalue weighted by Crippen LogP contribution is 2.27. The molecule has 2 rings (SSSR count). The summed E-state index contributed by atoms with van der Waals surface area (Å²) in [6.07, 6.45) is 0.597. The van der Waals surface area contributed by atoms with Crippen molar-refractivity contribution in [1.82, 2.24) is 15.7 Å². The molecular formula is C16H23N3O4. The molecule has 0 radical (unpaired) electrons. The highest BCUT2D eigenvalue weighted by atomic mass is 16.5. The number of aliphatic hydroxyl groups excluding tert-OH is 1. The van der Waals surface area contributed by atoms with Gasteiger partial charge in [0.2, 0.25) is 0 Å². The highest BCUT2D eigenvalue weighted by molar-refractivity contribution is 5.86. The molecule has 23 heavy (non-hydrogen) atoms. The van der Waals surface area contributed by atoms with E-state index in [1.54, 1.807) is 4.90 Å². The Bertz CT molecular complexity index is 527. The Hall–Kier alpha value is -2.12. The number of nitrogens with one attached hydrogen (secondary N) is 2. The number of nitrogens with zero attached hydrogens (tertiary/aromatic N) is 1. The van der Waals surface area contributed by atoms with Gasteiger partial charge in [0, 0.05) is 13.1 Å². The second-order valence-corrected chi connectivity index (χ2v) is 5.82. The van der Waals surface area contributed by atoms with E-state index in [1.807, 2.05) is 18.2 Å². The standard InChI is InChI=1S/C16H23N3O4/c1-11(20)14(15(21)18-23)17-16(22)19-9-7-13(8-10-19)12-5-3-2-4-6-12/h2-6,11,13-14,20,23H,7-10H2,1H3,(H,17,22)(H,18,21)/t11-,14+/m1/s1. The predicted octanol–water partition coefficient (Wildman–Crippen LogP) is 0.830. The molecule has 0 saturated carbocycles. The molecule has 7 heteroatoms. The van der Waals surface area contributed by atoms with E-state index >= 15 is 0 Å². The number of piperidine rings is 1. The van der Waals surface area contributed by atoms with Gasteiger partial charge in [0.25, 0.3) is 5.91 Å². The monoisotopic (exact) mass is 321 g/mol. The van der Waals surface area contributed by atoms with E-state index in [0.29, 0.717) is 19.0 Å². The minimum absolute atomic E-state index is 0.411. The van der Waals surface area contributed by atoms with E-state index < -0.39 is 24.1 Å². The summed E-state index contributed by atoms with van der Waals surface area (Å²) in [7, 11) is 0. The molecule has 0 aliphatic carbocycles. The predicted molar refractivity (Wildman–Crippen MR) is 83.9 cm³/mol. The van der Waals surface area contributed by atoms with Gasteiger partial charge in [0.05, 0.1) is 6.10 Å². The molecule has 0 aromatic heterocycles. The summed E-state index contributed by atoms with van der Waals surface area (Å²) >= 11 is 0.